The van der Waals surface area contributed by atoms with Crippen molar-refractivity contribution in [3.05, 3.63) is 0 Å². The van der Waals surface area contributed by atoms with Crippen molar-refractivity contribution in [1.29, 1.82) is 0 Å². The van der Waals surface area contributed by atoms with E-state index in [1.165, 1.54) is 10.6 Å². The maximum Gasteiger partial charge on any atom is 0.318 e. The number of aliphatic carboxylic acids is 1. The first-order chi connectivity index (χ1) is 4.57. The minimum absolute atomic E-state index is 0.153. The van der Waals surface area contributed by atoms with Gasteiger partial charge in [-0.3, -0.25) is 4.79 Å². The Balaban J connectivity index is 3.83. The number of carboxylic acids is 1. The third-order valence-corrected chi connectivity index (χ3v) is 2.14. The van der Waals surface area contributed by atoms with Crippen LogP contribution in [-0.4, -0.2) is 38.9 Å². The largest absolute Gasteiger partial charge is 0.480 e. The van der Waals surface area contributed by atoms with Crippen LogP contribution in [0, 0.1) is 0 Å². The lowest BCUT2D eigenvalue weighted by molar-refractivity contribution is -0.137. The first-order valence-electron chi connectivity index (χ1n) is 2.88. The van der Waals surface area contributed by atoms with Crippen LogP contribution in [0.1, 0.15) is 6.92 Å². The van der Waals surface area contributed by atoms with Gasteiger partial charge in [-0.25, -0.2) is 8.51 Å². The Morgan fingerprint density at radius 2 is 2.20 bits per heavy atom. The molecule has 0 amide bonds. The molecule has 1 unspecified atom stereocenters. The molecule has 60 valence electrons. The predicted molar refractivity (Wildman–Crippen MR) is 38.9 cm³/mol. The molecule has 0 aromatic rings. The lowest BCUT2D eigenvalue weighted by atomic mass is 10.6. The highest BCUT2D eigenvalue weighted by molar-refractivity contribution is 7.81. The van der Waals surface area contributed by atoms with Crippen molar-refractivity contribution in [2.24, 2.45) is 0 Å². The van der Waals surface area contributed by atoms with Crippen molar-refractivity contribution in [2.45, 2.75) is 6.92 Å². The average Bonchev–Trinajstić information content (AvgIpc) is 1.81. The van der Waals surface area contributed by atoms with Gasteiger partial charge in [0.1, 0.15) is 6.54 Å². The molecule has 4 nitrogen and oxygen atoms in total. The molecule has 0 rings (SSSR count). The molecule has 5 heteroatoms. The smallest absolute Gasteiger partial charge is 0.318 e. The fourth-order valence-electron chi connectivity index (χ4n) is 0.535. The minimum Gasteiger partial charge on any atom is -0.480 e. The summed E-state index contributed by atoms with van der Waals surface area (Å²) in [5, 5.41) is 8.29. The molecule has 0 bridgehead atoms. The number of likely N-dealkylation sites (N-methyl/N-ethyl adjacent to an activating group) is 1. The van der Waals surface area contributed by atoms with E-state index >= 15 is 0 Å². The number of rotatable bonds is 4. The standard InChI is InChI=1S/C5H11NO3S/c1-3-6(10(2)9)4-5(7)8/h3-4H2,1-2H3,(H,7,8). The normalized spacial score (nSPS) is 13.5. The third-order valence-electron chi connectivity index (χ3n) is 1.03. The van der Waals surface area contributed by atoms with Gasteiger partial charge < -0.3 is 5.11 Å². The average molecular weight is 165 g/mol. The fraction of sp³-hybridized carbons (Fsp3) is 0.800. The van der Waals surface area contributed by atoms with Gasteiger partial charge in [0.15, 0.2) is 0 Å². The van der Waals surface area contributed by atoms with Crippen LogP contribution < -0.4 is 0 Å². The summed E-state index contributed by atoms with van der Waals surface area (Å²) in [7, 11) is -1.17. The number of carbonyl (C=O) groups is 1. The second kappa shape index (κ2) is 4.40. The molecule has 0 fully saturated rings. The molecule has 0 saturated carbocycles. The maximum atomic E-state index is 10.7. The first kappa shape index (κ1) is 9.58. The van der Waals surface area contributed by atoms with Gasteiger partial charge >= 0.3 is 5.97 Å². The van der Waals surface area contributed by atoms with Crippen LogP contribution in [0.5, 0.6) is 0 Å². The topological polar surface area (TPSA) is 57.6 Å². The fourth-order valence-corrected chi connectivity index (χ4v) is 1.19. The molecule has 0 aliphatic rings. The van der Waals surface area contributed by atoms with Gasteiger partial charge in [-0.2, -0.15) is 0 Å². The van der Waals surface area contributed by atoms with E-state index in [-0.39, 0.29) is 6.54 Å². The van der Waals surface area contributed by atoms with Gasteiger partial charge in [0.2, 0.25) is 0 Å². The Hall–Kier alpha value is -0.420. The quantitative estimate of drug-likeness (QED) is 0.621. The molecule has 0 heterocycles. The van der Waals surface area contributed by atoms with Crippen LogP contribution in [0.15, 0.2) is 0 Å². The highest BCUT2D eigenvalue weighted by atomic mass is 32.2. The molecule has 0 saturated heterocycles. The molecule has 0 spiro atoms. The van der Waals surface area contributed by atoms with Gasteiger partial charge in [0.25, 0.3) is 0 Å². The molecular weight excluding hydrogens is 154 g/mol. The van der Waals surface area contributed by atoms with Crippen LogP contribution in [0.2, 0.25) is 0 Å². The van der Waals surface area contributed by atoms with E-state index in [9.17, 15) is 9.00 Å². The van der Waals surface area contributed by atoms with Gasteiger partial charge in [0, 0.05) is 12.8 Å². The zero-order valence-electron chi connectivity index (χ0n) is 6.03. The molecule has 10 heavy (non-hydrogen) atoms. The Labute approximate surface area is 62.4 Å². The summed E-state index contributed by atoms with van der Waals surface area (Å²) < 4.78 is 12.0. The molecular formula is C5H11NO3S. The van der Waals surface area contributed by atoms with Gasteiger partial charge in [-0.1, -0.05) is 6.92 Å². The van der Waals surface area contributed by atoms with E-state index in [0.29, 0.717) is 6.54 Å². The SMILES string of the molecule is CCN(CC(=O)O)S(C)=O. The van der Waals surface area contributed by atoms with Crippen LogP contribution in [0.4, 0.5) is 0 Å². The van der Waals surface area contributed by atoms with Crippen molar-refractivity contribution < 1.29 is 14.1 Å². The predicted octanol–water partition coefficient (Wildman–Crippen LogP) is -0.314. The van der Waals surface area contributed by atoms with E-state index in [0.717, 1.165) is 0 Å². The minimum atomic E-state index is -1.17. The molecule has 0 radical (unpaired) electrons. The number of hydrogen-bond donors (Lipinski definition) is 1. The summed E-state index contributed by atoms with van der Waals surface area (Å²) in [6.07, 6.45) is 1.46. The van der Waals surface area contributed by atoms with E-state index in [2.05, 4.69) is 0 Å². The summed E-state index contributed by atoms with van der Waals surface area (Å²) in [5.74, 6) is -0.947. The second-order valence-electron chi connectivity index (χ2n) is 1.77. The Morgan fingerprint density at radius 1 is 1.70 bits per heavy atom. The number of hydrogen-bond acceptors (Lipinski definition) is 2. The molecule has 0 aliphatic carbocycles. The van der Waals surface area contributed by atoms with Crippen LogP contribution >= 0.6 is 0 Å². The maximum absolute atomic E-state index is 10.7. The number of carboxylic acid groups (broad SMARTS) is 1. The van der Waals surface area contributed by atoms with Gasteiger partial charge in [0.05, 0.1) is 11.0 Å². The summed E-state index contributed by atoms with van der Waals surface area (Å²) >= 11 is 0. The molecule has 0 aromatic carbocycles. The highest BCUT2D eigenvalue weighted by Crippen LogP contribution is 1.89. The van der Waals surface area contributed by atoms with Gasteiger partial charge in [-0.05, 0) is 0 Å². The molecule has 1 N–H and O–H groups in total. The Morgan fingerprint density at radius 3 is 2.30 bits per heavy atom. The third kappa shape index (κ3) is 3.58. The summed E-state index contributed by atoms with van der Waals surface area (Å²) in [6, 6.07) is 0. The summed E-state index contributed by atoms with van der Waals surface area (Å²) in [5.41, 5.74) is 0. The van der Waals surface area contributed by atoms with E-state index < -0.39 is 17.0 Å². The van der Waals surface area contributed by atoms with Crippen LogP contribution in [0.3, 0.4) is 0 Å². The first-order valence-corrected chi connectivity index (χ1v) is 4.39. The second-order valence-corrected chi connectivity index (χ2v) is 3.14. The molecule has 1 atom stereocenters. The lowest BCUT2D eigenvalue weighted by Crippen LogP contribution is -2.30. The van der Waals surface area contributed by atoms with Gasteiger partial charge in [-0.15, -0.1) is 0 Å². The van der Waals surface area contributed by atoms with Crippen molar-refractivity contribution in [3.63, 3.8) is 0 Å². The molecule has 0 aromatic heterocycles. The summed E-state index contributed by atoms with van der Waals surface area (Å²) in [4.78, 5) is 10.1. The van der Waals surface area contributed by atoms with Crippen molar-refractivity contribution in [2.75, 3.05) is 19.3 Å². The number of nitrogens with zero attached hydrogens (tertiary/aromatic N) is 1. The van der Waals surface area contributed by atoms with Crippen molar-refractivity contribution in [1.82, 2.24) is 4.31 Å². The van der Waals surface area contributed by atoms with E-state index in [4.69, 9.17) is 5.11 Å². The highest BCUT2D eigenvalue weighted by Gasteiger charge is 2.09. The monoisotopic (exact) mass is 165 g/mol. The zero-order chi connectivity index (χ0) is 8.15. The van der Waals surface area contributed by atoms with Crippen LogP contribution in [0.25, 0.3) is 0 Å². The summed E-state index contributed by atoms with van der Waals surface area (Å²) in [6.45, 7) is 2.11. The van der Waals surface area contributed by atoms with E-state index in [1.54, 1.807) is 6.92 Å². The van der Waals surface area contributed by atoms with Crippen LogP contribution in [-0.2, 0) is 15.8 Å². The lowest BCUT2D eigenvalue weighted by Gasteiger charge is -2.12. The Kier molecular flexibility index (Phi) is 4.22. The van der Waals surface area contributed by atoms with E-state index in [1.807, 2.05) is 0 Å². The Bertz CT molecular complexity index is 148. The zero-order valence-corrected chi connectivity index (χ0v) is 6.85. The molecule has 0 aliphatic heterocycles. The van der Waals surface area contributed by atoms with Crippen molar-refractivity contribution in [3.8, 4) is 0 Å². The van der Waals surface area contributed by atoms with Crippen molar-refractivity contribution >= 4 is 17.0 Å².